The van der Waals surface area contributed by atoms with Crippen LogP contribution >= 0.6 is 11.6 Å². The molecule has 1 aliphatic heterocycles. The van der Waals surface area contributed by atoms with Crippen LogP contribution in [0.3, 0.4) is 0 Å². The zero-order valence-corrected chi connectivity index (χ0v) is 19.5. The summed E-state index contributed by atoms with van der Waals surface area (Å²) in [7, 11) is 0. The highest BCUT2D eigenvalue weighted by molar-refractivity contribution is 6.32. The van der Waals surface area contributed by atoms with Crippen LogP contribution in [0.25, 0.3) is 5.69 Å². The van der Waals surface area contributed by atoms with E-state index in [1.165, 1.54) is 4.90 Å². The summed E-state index contributed by atoms with van der Waals surface area (Å²) >= 11 is 6.35. The monoisotopic (exact) mass is 506 g/mol. The molecule has 2 amide bonds. The number of halogens is 4. The third kappa shape index (κ3) is 5.29. The van der Waals surface area contributed by atoms with Crippen LogP contribution in [0.15, 0.2) is 49.1 Å². The van der Waals surface area contributed by atoms with Gasteiger partial charge in [0.25, 0.3) is 5.91 Å². The van der Waals surface area contributed by atoms with Gasteiger partial charge < -0.3 is 9.80 Å². The first kappa shape index (κ1) is 24.6. The van der Waals surface area contributed by atoms with E-state index in [4.69, 9.17) is 11.6 Å². The molecule has 1 saturated heterocycles. The predicted octanol–water partition coefficient (Wildman–Crippen LogP) is 4.24. The largest absolute Gasteiger partial charge is 0.433 e. The molecule has 0 aliphatic carbocycles. The predicted molar refractivity (Wildman–Crippen MR) is 122 cm³/mol. The summed E-state index contributed by atoms with van der Waals surface area (Å²) in [6.07, 6.45) is 2.16. The average Bonchev–Trinajstić information content (AvgIpc) is 3.25. The van der Waals surface area contributed by atoms with E-state index in [0.717, 1.165) is 18.3 Å². The fraction of sp³-hybridized carbons (Fsp3) is 0.348. The lowest BCUT2D eigenvalue weighted by Gasteiger charge is -2.33. The summed E-state index contributed by atoms with van der Waals surface area (Å²) in [5, 5.41) is 4.47. The molecule has 1 aliphatic rings. The summed E-state index contributed by atoms with van der Waals surface area (Å²) in [6.45, 7) is 2.83. The average molecular weight is 507 g/mol. The number of pyridine rings is 2. The molecule has 0 N–H and O–H groups in total. The van der Waals surface area contributed by atoms with Gasteiger partial charge in [-0.1, -0.05) is 11.6 Å². The minimum Gasteiger partial charge on any atom is -0.339 e. The zero-order valence-electron chi connectivity index (χ0n) is 18.7. The quantitative estimate of drug-likeness (QED) is 0.517. The van der Waals surface area contributed by atoms with Gasteiger partial charge in [0.2, 0.25) is 5.91 Å². The van der Waals surface area contributed by atoms with Crippen LogP contribution in [-0.4, -0.2) is 56.1 Å². The number of hydrogen-bond acceptors (Lipinski definition) is 5. The Morgan fingerprint density at radius 3 is 2.49 bits per heavy atom. The van der Waals surface area contributed by atoms with Gasteiger partial charge in [0.05, 0.1) is 23.6 Å². The molecule has 0 unspecified atom stereocenters. The van der Waals surface area contributed by atoms with Gasteiger partial charge >= 0.3 is 6.18 Å². The van der Waals surface area contributed by atoms with Crippen molar-refractivity contribution in [1.29, 1.82) is 0 Å². The molecule has 3 aromatic heterocycles. The highest BCUT2D eigenvalue weighted by Crippen LogP contribution is 2.30. The van der Waals surface area contributed by atoms with Gasteiger partial charge in [-0.2, -0.15) is 18.3 Å². The maximum absolute atomic E-state index is 13.3. The van der Waals surface area contributed by atoms with Crippen molar-refractivity contribution in [3.8, 4) is 5.69 Å². The molecule has 4 heterocycles. The van der Waals surface area contributed by atoms with Crippen molar-refractivity contribution in [2.45, 2.75) is 25.9 Å². The van der Waals surface area contributed by atoms with E-state index in [1.807, 2.05) is 13.0 Å². The number of rotatable bonds is 5. The minimum absolute atomic E-state index is 0.0764. The van der Waals surface area contributed by atoms with Crippen molar-refractivity contribution in [3.63, 3.8) is 0 Å². The summed E-state index contributed by atoms with van der Waals surface area (Å²) in [6, 6.07) is 5.49. The number of carbonyl (C=O) groups excluding carboxylic acids is 2. The highest BCUT2D eigenvalue weighted by Gasteiger charge is 2.34. The van der Waals surface area contributed by atoms with Crippen molar-refractivity contribution >= 4 is 29.1 Å². The Morgan fingerprint density at radius 2 is 1.91 bits per heavy atom. The number of anilines is 1. The Bertz CT molecular complexity index is 1190. The summed E-state index contributed by atoms with van der Waals surface area (Å²) < 4.78 is 39.7. The fourth-order valence-corrected chi connectivity index (χ4v) is 4.24. The van der Waals surface area contributed by atoms with E-state index in [1.54, 1.807) is 34.2 Å². The molecule has 35 heavy (non-hydrogen) atoms. The van der Waals surface area contributed by atoms with Crippen LogP contribution < -0.4 is 4.90 Å². The Kier molecular flexibility index (Phi) is 7.06. The number of piperidine rings is 1. The molecule has 0 aromatic carbocycles. The van der Waals surface area contributed by atoms with Crippen LogP contribution in [0.5, 0.6) is 0 Å². The fourth-order valence-electron chi connectivity index (χ4n) is 4.01. The van der Waals surface area contributed by atoms with Gasteiger partial charge in [0.15, 0.2) is 5.15 Å². The first-order valence-corrected chi connectivity index (χ1v) is 11.4. The Hall–Kier alpha value is -3.47. The lowest BCUT2D eigenvalue weighted by atomic mass is 9.94. The lowest BCUT2D eigenvalue weighted by Crippen LogP contribution is -2.44. The first-order chi connectivity index (χ1) is 16.7. The van der Waals surface area contributed by atoms with E-state index in [0.29, 0.717) is 43.9 Å². The molecule has 8 nitrogen and oxygen atoms in total. The van der Waals surface area contributed by atoms with Gasteiger partial charge in [0.1, 0.15) is 11.4 Å². The van der Waals surface area contributed by atoms with E-state index >= 15 is 0 Å². The minimum atomic E-state index is -4.57. The third-order valence-electron chi connectivity index (χ3n) is 5.87. The van der Waals surface area contributed by atoms with Crippen LogP contribution in [-0.2, 0) is 11.0 Å². The second kappa shape index (κ2) is 10.0. The lowest BCUT2D eigenvalue weighted by molar-refractivity contribution is -0.141. The molecule has 0 atom stereocenters. The zero-order chi connectivity index (χ0) is 25.2. The number of carbonyl (C=O) groups is 2. The van der Waals surface area contributed by atoms with Crippen LogP contribution in [0, 0.1) is 5.92 Å². The van der Waals surface area contributed by atoms with Crippen molar-refractivity contribution in [1.82, 2.24) is 24.6 Å². The van der Waals surface area contributed by atoms with E-state index < -0.39 is 17.8 Å². The molecule has 12 heteroatoms. The molecular weight excluding hydrogens is 485 g/mol. The second-order valence-electron chi connectivity index (χ2n) is 8.04. The molecular formula is C23H22ClF3N6O2. The molecule has 0 radical (unpaired) electrons. The number of hydrogen-bond donors (Lipinski definition) is 0. The van der Waals surface area contributed by atoms with Gasteiger partial charge in [0, 0.05) is 37.9 Å². The van der Waals surface area contributed by atoms with Crippen molar-refractivity contribution in [3.05, 3.63) is 65.5 Å². The summed E-state index contributed by atoms with van der Waals surface area (Å²) in [5.41, 5.74) is 0.210. The van der Waals surface area contributed by atoms with E-state index in [2.05, 4.69) is 15.1 Å². The molecule has 184 valence electrons. The maximum atomic E-state index is 13.3. The molecule has 0 bridgehead atoms. The number of alkyl halides is 3. The molecule has 4 rings (SSSR count). The smallest absolute Gasteiger partial charge is 0.339 e. The van der Waals surface area contributed by atoms with Gasteiger partial charge in [-0.15, -0.1) is 0 Å². The Labute approximate surface area is 204 Å². The number of amides is 2. The van der Waals surface area contributed by atoms with Gasteiger partial charge in [-0.3, -0.25) is 19.6 Å². The van der Waals surface area contributed by atoms with Crippen LogP contribution in [0.1, 0.15) is 35.8 Å². The topological polar surface area (TPSA) is 84.2 Å². The first-order valence-electron chi connectivity index (χ1n) is 11.0. The van der Waals surface area contributed by atoms with Crippen molar-refractivity contribution < 1.29 is 22.8 Å². The standard InChI is InChI=1S/C23H22ClF3N6O2/c1-2-32(18-14-33(30-20(18)24)17-4-3-9-28-13-17)22(35)15-7-10-31(11-8-15)21(34)16-5-6-19(29-12-16)23(25,26)27/h3-6,9,12-15H,2,7-8,10-11H2,1H3. The number of aromatic nitrogens is 4. The third-order valence-corrected chi connectivity index (χ3v) is 6.14. The summed E-state index contributed by atoms with van der Waals surface area (Å²) in [5.74, 6) is -0.865. The van der Waals surface area contributed by atoms with Crippen molar-refractivity contribution in [2.24, 2.45) is 5.92 Å². The molecule has 3 aromatic rings. The number of likely N-dealkylation sites (tertiary alicyclic amines) is 1. The van der Waals surface area contributed by atoms with Crippen LogP contribution in [0.4, 0.5) is 18.9 Å². The Balaban J connectivity index is 1.41. The normalized spacial score (nSPS) is 14.7. The molecule has 0 spiro atoms. The Morgan fingerprint density at radius 1 is 1.17 bits per heavy atom. The van der Waals surface area contributed by atoms with Crippen LogP contribution in [0.2, 0.25) is 5.15 Å². The SMILES string of the molecule is CCN(C(=O)C1CCN(C(=O)c2ccc(C(F)(F)F)nc2)CC1)c1cn(-c2cccnc2)nc1Cl. The van der Waals surface area contributed by atoms with Crippen molar-refractivity contribution in [2.75, 3.05) is 24.5 Å². The number of nitrogens with zero attached hydrogens (tertiary/aromatic N) is 6. The summed E-state index contributed by atoms with van der Waals surface area (Å²) in [4.78, 5) is 36.5. The van der Waals surface area contributed by atoms with Gasteiger partial charge in [-0.05, 0) is 44.0 Å². The molecule has 1 fully saturated rings. The molecule has 0 saturated carbocycles. The highest BCUT2D eigenvalue weighted by atomic mass is 35.5. The second-order valence-corrected chi connectivity index (χ2v) is 8.40. The van der Waals surface area contributed by atoms with E-state index in [9.17, 15) is 22.8 Å². The van der Waals surface area contributed by atoms with Gasteiger partial charge in [-0.25, -0.2) is 4.68 Å². The maximum Gasteiger partial charge on any atom is 0.433 e. The van der Waals surface area contributed by atoms with E-state index in [-0.39, 0.29) is 22.5 Å².